The molecule has 0 aromatic carbocycles. The minimum atomic E-state index is -0.515. The number of nitro groups is 1. The highest BCUT2D eigenvalue weighted by atomic mass is 16.6. The predicted molar refractivity (Wildman–Crippen MR) is 37.7 cm³/mol. The lowest BCUT2D eigenvalue weighted by Crippen LogP contribution is -2.13. The van der Waals surface area contributed by atoms with E-state index in [9.17, 15) is 14.9 Å². The SMILES string of the molecule is CCCC(=O)OCC[N+](=O)[O-]. The van der Waals surface area contributed by atoms with E-state index in [4.69, 9.17) is 0 Å². The molecule has 0 spiro atoms. The summed E-state index contributed by atoms with van der Waals surface area (Å²) in [5.74, 6) is -0.366. The number of ether oxygens (including phenoxy) is 1. The van der Waals surface area contributed by atoms with Crippen LogP contribution in [0.4, 0.5) is 0 Å². The molecule has 0 aliphatic heterocycles. The highest BCUT2D eigenvalue weighted by molar-refractivity contribution is 5.69. The number of hydrogen-bond donors (Lipinski definition) is 0. The van der Waals surface area contributed by atoms with Crippen molar-refractivity contribution in [2.24, 2.45) is 0 Å². The first kappa shape index (κ1) is 9.87. The van der Waals surface area contributed by atoms with Crippen molar-refractivity contribution in [3.63, 3.8) is 0 Å². The van der Waals surface area contributed by atoms with Gasteiger partial charge in [-0.15, -0.1) is 0 Å². The third-order valence-electron chi connectivity index (χ3n) is 0.991. The van der Waals surface area contributed by atoms with Crippen molar-refractivity contribution in [3.05, 3.63) is 10.1 Å². The van der Waals surface area contributed by atoms with Crippen LogP contribution in [-0.4, -0.2) is 24.0 Å². The van der Waals surface area contributed by atoms with Gasteiger partial charge in [0.15, 0.2) is 6.61 Å². The molecule has 0 aliphatic rings. The molecule has 0 aliphatic carbocycles. The molecular weight excluding hydrogens is 150 g/mol. The first-order valence-corrected chi connectivity index (χ1v) is 3.44. The molecule has 0 fully saturated rings. The molecule has 11 heavy (non-hydrogen) atoms. The lowest BCUT2D eigenvalue weighted by molar-refractivity contribution is -0.482. The van der Waals surface area contributed by atoms with Gasteiger partial charge in [0.25, 0.3) is 0 Å². The first-order chi connectivity index (χ1) is 5.16. The molecule has 0 saturated heterocycles. The molecule has 64 valence electrons. The molecule has 0 radical (unpaired) electrons. The minimum absolute atomic E-state index is 0.119. The third-order valence-corrected chi connectivity index (χ3v) is 0.991. The van der Waals surface area contributed by atoms with Crippen molar-refractivity contribution >= 4 is 5.97 Å². The summed E-state index contributed by atoms with van der Waals surface area (Å²) in [5.41, 5.74) is 0. The standard InChI is InChI=1S/C6H11NO4/c1-2-3-6(8)11-5-4-7(9)10/h2-5H2,1H3. The Hall–Kier alpha value is -1.13. The topological polar surface area (TPSA) is 69.4 Å². The Kier molecular flexibility index (Phi) is 5.06. The maximum absolute atomic E-state index is 10.6. The van der Waals surface area contributed by atoms with Gasteiger partial charge in [0.1, 0.15) is 0 Å². The van der Waals surface area contributed by atoms with Crippen LogP contribution in [0.15, 0.2) is 0 Å². The van der Waals surface area contributed by atoms with E-state index in [-0.39, 0.29) is 19.1 Å². The Morgan fingerprint density at radius 1 is 1.64 bits per heavy atom. The zero-order valence-electron chi connectivity index (χ0n) is 6.41. The molecule has 0 atom stereocenters. The number of nitrogens with zero attached hydrogens (tertiary/aromatic N) is 1. The number of rotatable bonds is 5. The van der Waals surface area contributed by atoms with Crippen LogP contribution in [0.3, 0.4) is 0 Å². The summed E-state index contributed by atoms with van der Waals surface area (Å²) in [6, 6.07) is 0. The van der Waals surface area contributed by atoms with E-state index < -0.39 is 4.92 Å². The van der Waals surface area contributed by atoms with Crippen LogP contribution >= 0.6 is 0 Å². The van der Waals surface area contributed by atoms with Gasteiger partial charge in [0, 0.05) is 11.3 Å². The zero-order chi connectivity index (χ0) is 8.69. The summed E-state index contributed by atoms with van der Waals surface area (Å²) in [6.45, 7) is 1.41. The van der Waals surface area contributed by atoms with E-state index in [1.807, 2.05) is 6.92 Å². The average Bonchev–Trinajstić information content (AvgIpc) is 1.87. The monoisotopic (exact) mass is 161 g/mol. The van der Waals surface area contributed by atoms with Gasteiger partial charge in [-0.2, -0.15) is 0 Å². The molecule has 5 heteroatoms. The van der Waals surface area contributed by atoms with Gasteiger partial charge in [-0.05, 0) is 6.42 Å². The maximum atomic E-state index is 10.6. The quantitative estimate of drug-likeness (QED) is 0.336. The Morgan fingerprint density at radius 3 is 2.73 bits per heavy atom. The lowest BCUT2D eigenvalue weighted by Gasteiger charge is -1.98. The van der Waals surface area contributed by atoms with Crippen LogP contribution in [0, 0.1) is 10.1 Å². The van der Waals surface area contributed by atoms with Crippen LogP contribution in [0.2, 0.25) is 0 Å². The van der Waals surface area contributed by atoms with Gasteiger partial charge in [0.05, 0.1) is 0 Å². The molecule has 0 rings (SSSR count). The van der Waals surface area contributed by atoms with Gasteiger partial charge >= 0.3 is 5.97 Å². The second-order valence-corrected chi connectivity index (χ2v) is 2.03. The van der Waals surface area contributed by atoms with E-state index in [1.54, 1.807) is 0 Å². The fourth-order valence-electron chi connectivity index (χ4n) is 0.510. The minimum Gasteiger partial charge on any atom is -0.459 e. The maximum Gasteiger partial charge on any atom is 0.306 e. The summed E-state index contributed by atoms with van der Waals surface area (Å²) in [4.78, 5) is 19.8. The highest BCUT2D eigenvalue weighted by Crippen LogP contribution is 1.90. The van der Waals surface area contributed by atoms with Crippen molar-refractivity contribution < 1.29 is 14.5 Å². The van der Waals surface area contributed by atoms with Crippen LogP contribution in [0.5, 0.6) is 0 Å². The van der Waals surface area contributed by atoms with Crippen LogP contribution in [0.1, 0.15) is 19.8 Å². The zero-order valence-corrected chi connectivity index (χ0v) is 6.41. The van der Waals surface area contributed by atoms with Crippen LogP contribution in [-0.2, 0) is 9.53 Å². The molecule has 0 saturated carbocycles. The van der Waals surface area contributed by atoms with E-state index in [0.717, 1.165) is 0 Å². The first-order valence-electron chi connectivity index (χ1n) is 3.44. The van der Waals surface area contributed by atoms with Crippen molar-refractivity contribution in [2.45, 2.75) is 19.8 Å². The largest absolute Gasteiger partial charge is 0.459 e. The molecule has 0 N–H and O–H groups in total. The summed E-state index contributed by atoms with van der Waals surface area (Å²) < 4.78 is 4.51. The van der Waals surface area contributed by atoms with Crippen molar-refractivity contribution in [1.29, 1.82) is 0 Å². The van der Waals surface area contributed by atoms with Gasteiger partial charge in [-0.3, -0.25) is 14.9 Å². The van der Waals surface area contributed by atoms with Gasteiger partial charge < -0.3 is 4.74 Å². The Labute approximate surface area is 64.5 Å². The van der Waals surface area contributed by atoms with E-state index in [2.05, 4.69) is 4.74 Å². The summed E-state index contributed by atoms with van der Waals surface area (Å²) in [5, 5.41) is 9.75. The molecule has 0 aromatic rings. The van der Waals surface area contributed by atoms with Crippen molar-refractivity contribution in [2.75, 3.05) is 13.2 Å². The molecule has 0 bridgehead atoms. The number of esters is 1. The van der Waals surface area contributed by atoms with Crippen LogP contribution < -0.4 is 0 Å². The molecule has 0 unspecified atom stereocenters. The van der Waals surface area contributed by atoms with E-state index >= 15 is 0 Å². The molecular formula is C6H11NO4. The smallest absolute Gasteiger partial charge is 0.306 e. The van der Waals surface area contributed by atoms with Gasteiger partial charge in [-0.1, -0.05) is 6.92 Å². The molecule has 0 aromatic heterocycles. The lowest BCUT2D eigenvalue weighted by atomic mass is 10.3. The number of hydrogen-bond acceptors (Lipinski definition) is 4. The van der Waals surface area contributed by atoms with E-state index in [0.29, 0.717) is 12.8 Å². The Morgan fingerprint density at radius 2 is 2.27 bits per heavy atom. The Bertz CT molecular complexity index is 146. The van der Waals surface area contributed by atoms with Crippen LogP contribution in [0.25, 0.3) is 0 Å². The molecule has 5 nitrogen and oxygen atoms in total. The summed E-state index contributed by atoms with van der Waals surface area (Å²) in [7, 11) is 0. The molecule has 0 heterocycles. The van der Waals surface area contributed by atoms with Crippen molar-refractivity contribution in [1.82, 2.24) is 0 Å². The summed E-state index contributed by atoms with van der Waals surface area (Å²) in [6.07, 6.45) is 1.04. The number of carbonyl (C=O) groups is 1. The highest BCUT2D eigenvalue weighted by Gasteiger charge is 2.02. The molecule has 0 amide bonds. The average molecular weight is 161 g/mol. The van der Waals surface area contributed by atoms with Crippen molar-refractivity contribution in [3.8, 4) is 0 Å². The summed E-state index contributed by atoms with van der Waals surface area (Å²) >= 11 is 0. The Balaban J connectivity index is 3.24. The fourth-order valence-corrected chi connectivity index (χ4v) is 0.510. The van der Waals surface area contributed by atoms with E-state index in [1.165, 1.54) is 0 Å². The van der Waals surface area contributed by atoms with Gasteiger partial charge in [0.2, 0.25) is 6.54 Å². The normalized spacial score (nSPS) is 9.18. The fraction of sp³-hybridized carbons (Fsp3) is 0.833. The third kappa shape index (κ3) is 6.76. The second-order valence-electron chi connectivity index (χ2n) is 2.03. The number of carbonyl (C=O) groups excluding carboxylic acids is 1. The predicted octanol–water partition coefficient (Wildman–Crippen LogP) is 0.606. The van der Waals surface area contributed by atoms with Gasteiger partial charge in [-0.25, -0.2) is 0 Å². The second kappa shape index (κ2) is 5.64.